The van der Waals surface area contributed by atoms with Crippen LogP contribution in [0.2, 0.25) is 0 Å². The Balaban J connectivity index is 1.86. The van der Waals surface area contributed by atoms with Gasteiger partial charge in [0.1, 0.15) is 16.9 Å². The van der Waals surface area contributed by atoms with Crippen molar-refractivity contribution in [1.82, 2.24) is 4.31 Å². The van der Waals surface area contributed by atoms with Crippen LogP contribution in [0, 0.1) is 13.8 Å². The van der Waals surface area contributed by atoms with Gasteiger partial charge in [0.25, 0.3) is 5.91 Å². The lowest BCUT2D eigenvalue weighted by molar-refractivity contribution is -0.145. The molecule has 0 radical (unpaired) electrons. The minimum absolute atomic E-state index is 0.0457. The number of para-hydroxylation sites is 1. The molecule has 11 heteroatoms. The molecule has 2 aromatic rings. The Hall–Kier alpha value is -2.63. The number of carbonyl (C=O) groups excluding carboxylic acids is 1. The van der Waals surface area contributed by atoms with Crippen LogP contribution < -0.4 is 9.04 Å². The number of carboxylic acid groups (broad SMARTS) is 1. The third-order valence-electron chi connectivity index (χ3n) is 7.26. The normalized spacial score (nSPS) is 19.0. The van der Waals surface area contributed by atoms with E-state index in [9.17, 15) is 23.1 Å². The number of aliphatic carboxylic acids is 1. The predicted octanol–water partition coefficient (Wildman–Crippen LogP) is 4.83. The Kier molecular flexibility index (Phi) is 7.60. The van der Waals surface area contributed by atoms with E-state index in [0.29, 0.717) is 21.2 Å². The van der Waals surface area contributed by atoms with Crippen LogP contribution in [0.25, 0.3) is 0 Å². The van der Waals surface area contributed by atoms with Gasteiger partial charge in [0.15, 0.2) is 5.54 Å². The van der Waals surface area contributed by atoms with Gasteiger partial charge in [-0.3, -0.25) is 4.79 Å². The van der Waals surface area contributed by atoms with Crippen LogP contribution in [0.5, 0.6) is 5.75 Å². The molecule has 1 aromatic heterocycles. The fourth-order valence-electron chi connectivity index (χ4n) is 4.98. The quantitative estimate of drug-likeness (QED) is 0.501. The molecule has 2 heterocycles. The van der Waals surface area contributed by atoms with Gasteiger partial charge in [-0.25, -0.2) is 13.4 Å². The number of aryl methyl sites for hydroxylation is 1. The third kappa shape index (κ3) is 4.84. The molecule has 1 aliphatic carbocycles. The third-order valence-corrected chi connectivity index (χ3v) is 10.6. The Morgan fingerprint density at radius 2 is 1.84 bits per heavy atom. The van der Waals surface area contributed by atoms with Crippen LogP contribution in [-0.4, -0.2) is 55.0 Å². The van der Waals surface area contributed by atoms with Crippen molar-refractivity contribution in [1.29, 1.82) is 0 Å². The number of hydrogen-bond acceptors (Lipinski definition) is 7. The summed E-state index contributed by atoms with van der Waals surface area (Å²) in [6.45, 7) is 5.88. The molecule has 1 saturated carbocycles. The average Bonchev–Trinajstić information content (AvgIpc) is 3.15. The molecule has 1 N–H and O–H groups in total. The molecule has 1 aliphatic heterocycles. The molecule has 2 aliphatic rings. The number of thiophene rings is 1. The van der Waals surface area contributed by atoms with Crippen molar-refractivity contribution in [3.8, 4) is 5.75 Å². The number of amides is 1. The summed E-state index contributed by atoms with van der Waals surface area (Å²) in [7, 11) is -3.02. The number of nitrogens with zero attached hydrogens (tertiary/aromatic N) is 2. The van der Waals surface area contributed by atoms with Crippen LogP contribution >= 0.6 is 11.3 Å². The Labute approximate surface area is 222 Å². The highest BCUT2D eigenvalue weighted by atomic mass is 32.2. The number of anilines is 1. The van der Waals surface area contributed by atoms with Crippen molar-refractivity contribution >= 4 is 38.4 Å². The first-order valence-corrected chi connectivity index (χ1v) is 14.6. The van der Waals surface area contributed by atoms with E-state index in [2.05, 4.69) is 0 Å². The summed E-state index contributed by atoms with van der Waals surface area (Å²) in [6.07, 6.45) is 4.21. The number of carbonyl (C=O) groups is 2. The summed E-state index contributed by atoms with van der Waals surface area (Å²) < 4.78 is 41.9. The van der Waals surface area contributed by atoms with Gasteiger partial charge >= 0.3 is 16.2 Å². The van der Waals surface area contributed by atoms with Crippen molar-refractivity contribution in [2.45, 2.75) is 77.5 Å². The molecule has 0 saturated heterocycles. The van der Waals surface area contributed by atoms with Crippen LogP contribution in [0.3, 0.4) is 0 Å². The molecule has 0 bridgehead atoms. The molecule has 0 spiro atoms. The molecule has 1 fully saturated rings. The van der Waals surface area contributed by atoms with Gasteiger partial charge in [-0.1, -0.05) is 37.5 Å². The second-order valence-electron chi connectivity index (χ2n) is 10.1. The Bertz CT molecular complexity index is 1300. The van der Waals surface area contributed by atoms with Gasteiger partial charge in [-0.05, 0) is 52.2 Å². The predicted molar refractivity (Wildman–Crippen MR) is 142 cm³/mol. The van der Waals surface area contributed by atoms with E-state index in [1.54, 1.807) is 20.1 Å². The summed E-state index contributed by atoms with van der Waals surface area (Å²) in [6, 6.07) is 7.32. The Morgan fingerprint density at radius 1 is 1.19 bits per heavy atom. The zero-order valence-corrected chi connectivity index (χ0v) is 23.4. The van der Waals surface area contributed by atoms with Gasteiger partial charge in [0.05, 0.1) is 25.3 Å². The summed E-state index contributed by atoms with van der Waals surface area (Å²) in [5, 5.41) is 10.2. The molecule has 9 nitrogen and oxygen atoms in total. The monoisotopic (exact) mass is 550 g/mol. The zero-order chi connectivity index (χ0) is 27.1. The molecule has 0 unspecified atom stereocenters. The van der Waals surface area contributed by atoms with Crippen LogP contribution in [-0.2, 0) is 19.7 Å². The molecule has 1 atom stereocenters. The number of ether oxygens (including phenoxy) is 2. The molecule has 4 rings (SSSR count). The first-order valence-electron chi connectivity index (χ1n) is 12.4. The minimum Gasteiger partial charge on any atom is -0.496 e. The summed E-state index contributed by atoms with van der Waals surface area (Å²) in [5.74, 6) is -1.69. The van der Waals surface area contributed by atoms with E-state index in [0.717, 1.165) is 41.3 Å². The van der Waals surface area contributed by atoms with Gasteiger partial charge in [0, 0.05) is 10.4 Å². The molecule has 202 valence electrons. The number of fused-ring (bicyclic) bond motifs is 1. The molecule has 37 heavy (non-hydrogen) atoms. The van der Waals surface area contributed by atoms with Gasteiger partial charge in [-0.2, -0.15) is 8.42 Å². The van der Waals surface area contributed by atoms with Crippen molar-refractivity contribution in [3.63, 3.8) is 0 Å². The fourth-order valence-corrected chi connectivity index (χ4v) is 8.22. The number of benzene rings is 1. The summed E-state index contributed by atoms with van der Waals surface area (Å²) in [5.41, 5.74) is -0.460. The number of hydrogen-bond donors (Lipinski definition) is 1. The first-order chi connectivity index (χ1) is 17.4. The lowest BCUT2D eigenvalue weighted by Crippen LogP contribution is -2.62. The minimum atomic E-state index is -4.57. The highest BCUT2D eigenvalue weighted by molar-refractivity contribution is 7.91. The number of methoxy groups -OCH3 is 1. The van der Waals surface area contributed by atoms with Gasteiger partial charge in [0.2, 0.25) is 0 Å². The van der Waals surface area contributed by atoms with E-state index in [1.807, 2.05) is 25.1 Å². The highest BCUT2D eigenvalue weighted by Crippen LogP contribution is 2.45. The standard InChI is InChI=1S/C26H34N2O7S2/c1-16-17(2)36-24-22(16)23(29)28(26(3,4)25(30)31)37(32,33)27(24)15-21(35-18-11-7-6-8-12-18)19-13-9-10-14-20(19)34-5/h9-10,13-14,18,21H,6-8,11-12,15H2,1-5H3,(H,30,31)/t21-/m0/s1. The maximum absolute atomic E-state index is 14.1. The van der Waals surface area contributed by atoms with Crippen molar-refractivity contribution in [2.75, 3.05) is 18.0 Å². The smallest absolute Gasteiger partial charge is 0.330 e. The van der Waals surface area contributed by atoms with Crippen molar-refractivity contribution in [3.05, 3.63) is 45.8 Å². The SMILES string of the molecule is COc1ccccc1[C@H](CN1c2sc(C)c(C)c2C(=O)N(C(C)(C)C(=O)O)S1(=O)=O)OC1CCCCC1. The second kappa shape index (κ2) is 10.3. The van der Waals surface area contributed by atoms with Crippen LogP contribution in [0.1, 0.15) is 78.4 Å². The molecular formula is C26H34N2O7S2. The zero-order valence-electron chi connectivity index (χ0n) is 21.8. The summed E-state index contributed by atoms with van der Waals surface area (Å²) in [4.78, 5) is 26.5. The van der Waals surface area contributed by atoms with Crippen LogP contribution in [0.15, 0.2) is 24.3 Å². The highest BCUT2D eigenvalue weighted by Gasteiger charge is 2.54. The van der Waals surface area contributed by atoms with E-state index in [4.69, 9.17) is 9.47 Å². The van der Waals surface area contributed by atoms with Gasteiger partial charge in [-0.15, -0.1) is 11.3 Å². The van der Waals surface area contributed by atoms with E-state index < -0.39 is 33.7 Å². The van der Waals surface area contributed by atoms with E-state index >= 15 is 0 Å². The lowest BCUT2D eigenvalue weighted by atomic mass is 9.97. The van der Waals surface area contributed by atoms with Crippen molar-refractivity contribution < 1.29 is 32.6 Å². The largest absolute Gasteiger partial charge is 0.496 e. The van der Waals surface area contributed by atoms with Crippen molar-refractivity contribution in [2.24, 2.45) is 0 Å². The van der Waals surface area contributed by atoms with E-state index in [1.165, 1.54) is 25.2 Å². The molecular weight excluding hydrogens is 516 g/mol. The summed E-state index contributed by atoms with van der Waals surface area (Å²) >= 11 is 1.21. The fraction of sp³-hybridized carbons (Fsp3) is 0.538. The maximum Gasteiger partial charge on any atom is 0.330 e. The van der Waals surface area contributed by atoms with Gasteiger partial charge < -0.3 is 14.6 Å². The number of rotatable bonds is 8. The van der Waals surface area contributed by atoms with E-state index in [-0.39, 0.29) is 23.2 Å². The second-order valence-corrected chi connectivity index (χ2v) is 13.0. The first kappa shape index (κ1) is 27.4. The Morgan fingerprint density at radius 3 is 2.46 bits per heavy atom. The topological polar surface area (TPSA) is 113 Å². The molecule has 1 aromatic carbocycles. The lowest BCUT2D eigenvalue weighted by Gasteiger charge is -2.42. The number of carboxylic acids is 1. The average molecular weight is 551 g/mol. The maximum atomic E-state index is 14.1. The van der Waals surface area contributed by atoms with Crippen LogP contribution in [0.4, 0.5) is 5.00 Å². The molecule has 1 amide bonds.